The molecule has 0 spiro atoms. The standard InChI is InChI=1S/C24H24ClNO3S/c1-28-21-13-8-17(16-22(21)29-2)14-15-26-24(27)23(18-6-4-3-5-7-18)30-20-11-9-19(25)10-12-20/h3-13,16,23H,14-15H2,1-2H3,(H,26,27). The summed E-state index contributed by atoms with van der Waals surface area (Å²) in [4.78, 5) is 14.0. The van der Waals surface area contributed by atoms with Gasteiger partial charge in [0.05, 0.1) is 14.2 Å². The Hall–Kier alpha value is -2.63. The Balaban J connectivity index is 1.67. The molecule has 3 rings (SSSR count). The number of hydrogen-bond acceptors (Lipinski definition) is 4. The van der Waals surface area contributed by atoms with Gasteiger partial charge >= 0.3 is 0 Å². The first-order chi connectivity index (χ1) is 14.6. The lowest BCUT2D eigenvalue weighted by molar-refractivity contribution is -0.120. The van der Waals surface area contributed by atoms with Crippen molar-refractivity contribution in [1.29, 1.82) is 0 Å². The number of nitrogens with one attached hydrogen (secondary N) is 1. The highest BCUT2D eigenvalue weighted by molar-refractivity contribution is 8.00. The van der Waals surface area contributed by atoms with Crippen LogP contribution < -0.4 is 14.8 Å². The topological polar surface area (TPSA) is 47.6 Å². The first-order valence-corrected chi connectivity index (χ1v) is 10.8. The molecule has 30 heavy (non-hydrogen) atoms. The minimum absolute atomic E-state index is 0.0263. The van der Waals surface area contributed by atoms with Crippen molar-refractivity contribution in [3.8, 4) is 11.5 Å². The van der Waals surface area contributed by atoms with E-state index >= 15 is 0 Å². The molecule has 0 aliphatic carbocycles. The third-order valence-corrected chi connectivity index (χ3v) is 6.09. The largest absolute Gasteiger partial charge is 0.493 e. The molecule has 1 N–H and O–H groups in total. The van der Waals surface area contributed by atoms with Gasteiger partial charge < -0.3 is 14.8 Å². The van der Waals surface area contributed by atoms with Gasteiger partial charge in [-0.05, 0) is 53.9 Å². The highest BCUT2D eigenvalue weighted by atomic mass is 35.5. The van der Waals surface area contributed by atoms with Crippen molar-refractivity contribution in [3.63, 3.8) is 0 Å². The van der Waals surface area contributed by atoms with E-state index in [1.54, 1.807) is 14.2 Å². The Morgan fingerprint density at radius 2 is 1.67 bits per heavy atom. The normalized spacial score (nSPS) is 11.6. The van der Waals surface area contributed by atoms with Crippen molar-refractivity contribution >= 4 is 29.3 Å². The van der Waals surface area contributed by atoms with E-state index in [0.29, 0.717) is 29.5 Å². The molecule has 0 bridgehead atoms. The summed E-state index contributed by atoms with van der Waals surface area (Å²) >= 11 is 7.50. The van der Waals surface area contributed by atoms with E-state index in [1.165, 1.54) is 11.8 Å². The zero-order chi connectivity index (χ0) is 21.3. The maximum absolute atomic E-state index is 13.0. The molecule has 1 amide bonds. The van der Waals surface area contributed by atoms with Gasteiger partial charge in [-0.2, -0.15) is 0 Å². The number of ether oxygens (including phenoxy) is 2. The lowest BCUT2D eigenvalue weighted by Gasteiger charge is -2.17. The predicted octanol–water partition coefficient (Wildman–Crippen LogP) is 5.55. The molecular formula is C24H24ClNO3S. The second kappa shape index (κ2) is 11.0. The molecule has 0 aliphatic rings. The van der Waals surface area contributed by atoms with Crippen LogP contribution in [0.25, 0.3) is 0 Å². The van der Waals surface area contributed by atoms with Crippen molar-refractivity contribution < 1.29 is 14.3 Å². The third-order valence-electron chi connectivity index (χ3n) is 4.57. The Morgan fingerprint density at radius 3 is 2.33 bits per heavy atom. The van der Waals surface area contributed by atoms with Crippen LogP contribution in [0.2, 0.25) is 5.02 Å². The van der Waals surface area contributed by atoms with Crippen LogP contribution in [0.1, 0.15) is 16.4 Å². The molecule has 0 fully saturated rings. The Bertz CT molecular complexity index is 964. The fraction of sp³-hybridized carbons (Fsp3) is 0.208. The molecule has 0 saturated heterocycles. The average molecular weight is 442 g/mol. The summed E-state index contributed by atoms with van der Waals surface area (Å²) in [6.45, 7) is 0.527. The number of rotatable bonds is 9. The van der Waals surface area contributed by atoms with E-state index in [9.17, 15) is 4.79 Å². The maximum atomic E-state index is 13.0. The van der Waals surface area contributed by atoms with Crippen LogP contribution in [0.3, 0.4) is 0 Å². The van der Waals surface area contributed by atoms with E-state index in [4.69, 9.17) is 21.1 Å². The number of carbonyl (C=O) groups is 1. The molecule has 156 valence electrons. The second-order valence-corrected chi connectivity index (χ2v) is 8.21. The molecule has 0 heterocycles. The number of methoxy groups -OCH3 is 2. The van der Waals surface area contributed by atoms with Crippen LogP contribution in [-0.2, 0) is 11.2 Å². The van der Waals surface area contributed by atoms with E-state index in [-0.39, 0.29) is 11.2 Å². The van der Waals surface area contributed by atoms with Crippen molar-refractivity contribution in [2.75, 3.05) is 20.8 Å². The first-order valence-electron chi connectivity index (χ1n) is 9.56. The van der Waals surface area contributed by atoms with Gasteiger partial charge in [0.1, 0.15) is 5.25 Å². The smallest absolute Gasteiger partial charge is 0.238 e. The van der Waals surface area contributed by atoms with Crippen LogP contribution in [0.4, 0.5) is 0 Å². The van der Waals surface area contributed by atoms with Crippen LogP contribution in [-0.4, -0.2) is 26.7 Å². The second-order valence-electron chi connectivity index (χ2n) is 6.59. The molecule has 1 unspecified atom stereocenters. The number of carbonyl (C=O) groups excluding carboxylic acids is 1. The van der Waals surface area contributed by atoms with Crippen LogP contribution in [0.15, 0.2) is 77.7 Å². The Morgan fingerprint density at radius 1 is 0.967 bits per heavy atom. The molecule has 0 aliphatic heterocycles. The summed E-state index contributed by atoms with van der Waals surface area (Å²) in [5, 5.41) is 3.40. The predicted molar refractivity (Wildman–Crippen MR) is 123 cm³/mol. The molecule has 0 aromatic heterocycles. The zero-order valence-corrected chi connectivity index (χ0v) is 18.5. The van der Waals surface area contributed by atoms with Gasteiger partial charge in [0, 0.05) is 16.5 Å². The minimum Gasteiger partial charge on any atom is -0.493 e. The zero-order valence-electron chi connectivity index (χ0n) is 16.9. The summed E-state index contributed by atoms with van der Waals surface area (Å²) < 4.78 is 10.6. The molecule has 1 atom stereocenters. The monoisotopic (exact) mass is 441 g/mol. The third kappa shape index (κ3) is 5.94. The SMILES string of the molecule is COc1ccc(CCNC(=O)C(Sc2ccc(Cl)cc2)c2ccccc2)cc1OC. The summed E-state index contributed by atoms with van der Waals surface area (Å²) in [5.41, 5.74) is 2.02. The Labute approximate surface area is 186 Å². The number of hydrogen-bond donors (Lipinski definition) is 1. The lowest BCUT2D eigenvalue weighted by Crippen LogP contribution is -2.29. The number of amides is 1. The van der Waals surface area contributed by atoms with Crippen LogP contribution >= 0.6 is 23.4 Å². The molecule has 3 aromatic rings. The molecule has 4 nitrogen and oxygen atoms in total. The van der Waals surface area contributed by atoms with Gasteiger partial charge in [0.15, 0.2) is 11.5 Å². The van der Waals surface area contributed by atoms with Gasteiger partial charge in [0.2, 0.25) is 5.91 Å². The van der Waals surface area contributed by atoms with Crippen molar-refractivity contribution in [2.24, 2.45) is 0 Å². The van der Waals surface area contributed by atoms with Gasteiger partial charge in [0.25, 0.3) is 0 Å². The van der Waals surface area contributed by atoms with Crippen molar-refractivity contribution in [3.05, 3.63) is 88.9 Å². The van der Waals surface area contributed by atoms with Crippen LogP contribution in [0.5, 0.6) is 11.5 Å². The van der Waals surface area contributed by atoms with Gasteiger partial charge in [-0.3, -0.25) is 4.79 Å². The minimum atomic E-state index is -0.349. The number of halogens is 1. The van der Waals surface area contributed by atoms with Gasteiger partial charge in [-0.15, -0.1) is 11.8 Å². The fourth-order valence-corrected chi connectivity index (χ4v) is 4.18. The van der Waals surface area contributed by atoms with E-state index in [2.05, 4.69) is 5.32 Å². The summed E-state index contributed by atoms with van der Waals surface area (Å²) in [5.74, 6) is 1.34. The molecule has 0 radical (unpaired) electrons. The van der Waals surface area contributed by atoms with Crippen LogP contribution in [0, 0.1) is 0 Å². The first kappa shape index (κ1) is 22.1. The van der Waals surface area contributed by atoms with Crippen molar-refractivity contribution in [2.45, 2.75) is 16.6 Å². The molecule has 3 aromatic carbocycles. The molecule has 6 heteroatoms. The van der Waals surface area contributed by atoms with Gasteiger partial charge in [-0.25, -0.2) is 0 Å². The van der Waals surface area contributed by atoms with Gasteiger partial charge in [-0.1, -0.05) is 48.0 Å². The quantitative estimate of drug-likeness (QED) is 0.442. The molecule has 0 saturated carbocycles. The Kier molecular flexibility index (Phi) is 8.05. The van der Waals surface area contributed by atoms with Crippen molar-refractivity contribution in [1.82, 2.24) is 5.32 Å². The summed E-state index contributed by atoms with van der Waals surface area (Å²) in [7, 11) is 3.22. The lowest BCUT2D eigenvalue weighted by atomic mass is 10.1. The number of thioether (sulfide) groups is 1. The highest BCUT2D eigenvalue weighted by Crippen LogP contribution is 2.36. The van der Waals surface area contributed by atoms with E-state index in [1.807, 2.05) is 72.8 Å². The average Bonchev–Trinajstić information content (AvgIpc) is 2.79. The fourth-order valence-electron chi connectivity index (χ4n) is 3.01. The van der Waals surface area contributed by atoms with E-state index < -0.39 is 0 Å². The number of benzene rings is 3. The van der Waals surface area contributed by atoms with E-state index in [0.717, 1.165) is 16.0 Å². The summed E-state index contributed by atoms with van der Waals surface area (Å²) in [6, 6.07) is 23.1. The highest BCUT2D eigenvalue weighted by Gasteiger charge is 2.21. The summed E-state index contributed by atoms with van der Waals surface area (Å²) in [6.07, 6.45) is 0.694. The maximum Gasteiger partial charge on any atom is 0.238 e. The molecular weight excluding hydrogens is 418 g/mol.